The van der Waals surface area contributed by atoms with E-state index >= 15 is 0 Å². The third kappa shape index (κ3) is 3.68. The van der Waals surface area contributed by atoms with Gasteiger partial charge in [-0.05, 0) is 24.3 Å². The molecule has 0 bridgehead atoms. The molecule has 4 nitrogen and oxygen atoms in total. The van der Waals surface area contributed by atoms with Gasteiger partial charge in [-0.1, -0.05) is 30.3 Å². The minimum Gasteiger partial charge on any atom is -0.478 e. The van der Waals surface area contributed by atoms with Crippen molar-refractivity contribution >= 4 is 5.97 Å². The number of halogens is 2. The van der Waals surface area contributed by atoms with Gasteiger partial charge in [0, 0.05) is 29.8 Å². The molecule has 25 heavy (non-hydrogen) atoms. The van der Waals surface area contributed by atoms with E-state index in [1.165, 1.54) is 24.3 Å². The van der Waals surface area contributed by atoms with E-state index in [-0.39, 0.29) is 11.1 Å². The maximum absolute atomic E-state index is 13.5. The summed E-state index contributed by atoms with van der Waals surface area (Å²) in [5, 5.41) is 8.94. The summed E-state index contributed by atoms with van der Waals surface area (Å²) in [6.45, 7) is 0.841. The van der Waals surface area contributed by atoms with Crippen LogP contribution in [0.1, 0.15) is 22.8 Å². The zero-order valence-electron chi connectivity index (χ0n) is 13.3. The third-order valence-electron chi connectivity index (χ3n) is 3.71. The fourth-order valence-corrected chi connectivity index (χ4v) is 2.37. The lowest BCUT2D eigenvalue weighted by atomic mass is 10.1. The highest BCUT2D eigenvalue weighted by Crippen LogP contribution is 2.30. The number of alkyl halides is 2. The van der Waals surface area contributed by atoms with Crippen LogP contribution in [0.5, 0.6) is 0 Å². The number of nitrogens with zero attached hydrogens (tertiary/aromatic N) is 2. The maximum Gasteiger partial charge on any atom is 0.335 e. The molecule has 1 heterocycles. The average molecular weight is 340 g/mol. The highest BCUT2D eigenvalue weighted by atomic mass is 19.3. The highest BCUT2D eigenvalue weighted by molar-refractivity contribution is 5.88. The molecule has 0 spiro atoms. The van der Waals surface area contributed by atoms with Crippen LogP contribution in [0.15, 0.2) is 60.8 Å². The predicted octanol–water partition coefficient (Wildman–Crippen LogP) is 4.62. The molecule has 2 aromatic carbocycles. The number of carboxylic acids is 1. The fraction of sp³-hybridized carbons (Fsp3) is 0.105. The van der Waals surface area contributed by atoms with E-state index in [1.807, 2.05) is 0 Å². The van der Waals surface area contributed by atoms with Crippen molar-refractivity contribution in [1.29, 1.82) is 0 Å². The summed E-state index contributed by atoms with van der Waals surface area (Å²) in [4.78, 5) is 19.5. The van der Waals surface area contributed by atoms with Gasteiger partial charge in [-0.3, -0.25) is 0 Å². The van der Waals surface area contributed by atoms with Crippen LogP contribution in [-0.2, 0) is 5.92 Å². The van der Waals surface area contributed by atoms with Crippen molar-refractivity contribution < 1.29 is 18.7 Å². The van der Waals surface area contributed by atoms with Crippen molar-refractivity contribution in [3.63, 3.8) is 0 Å². The summed E-state index contributed by atoms with van der Waals surface area (Å²) in [6.07, 6.45) is 1.54. The molecule has 126 valence electrons. The molecule has 0 fully saturated rings. The predicted molar refractivity (Wildman–Crippen MR) is 89.4 cm³/mol. The first-order valence-electron chi connectivity index (χ1n) is 7.50. The normalized spacial score (nSPS) is 11.3. The van der Waals surface area contributed by atoms with Gasteiger partial charge in [0.1, 0.15) is 0 Å². The lowest BCUT2D eigenvalue weighted by molar-refractivity contribution is 0.0175. The average Bonchev–Trinajstić information content (AvgIpc) is 2.61. The number of benzene rings is 2. The Morgan fingerprint density at radius 3 is 2.40 bits per heavy atom. The number of rotatable bonds is 4. The van der Waals surface area contributed by atoms with E-state index in [1.54, 1.807) is 36.5 Å². The monoisotopic (exact) mass is 340 g/mol. The SMILES string of the molecule is CC(F)(F)c1cccc(-c2nccc(-c3ccc(C(=O)O)cc3)n2)c1. The van der Waals surface area contributed by atoms with Gasteiger partial charge in [-0.25, -0.2) is 23.5 Å². The van der Waals surface area contributed by atoms with Crippen LogP contribution < -0.4 is 0 Å². The highest BCUT2D eigenvalue weighted by Gasteiger charge is 2.24. The molecule has 0 aliphatic heterocycles. The first kappa shape index (κ1) is 16.7. The van der Waals surface area contributed by atoms with Crippen LogP contribution in [0.25, 0.3) is 22.6 Å². The van der Waals surface area contributed by atoms with E-state index in [0.29, 0.717) is 22.6 Å². The molecule has 1 N–H and O–H groups in total. The maximum atomic E-state index is 13.5. The second kappa shape index (κ2) is 6.39. The Morgan fingerprint density at radius 1 is 1.04 bits per heavy atom. The number of carbonyl (C=O) groups is 1. The van der Waals surface area contributed by atoms with Gasteiger partial charge in [0.15, 0.2) is 5.82 Å². The molecule has 0 atom stereocenters. The molecule has 0 radical (unpaired) electrons. The summed E-state index contributed by atoms with van der Waals surface area (Å²) < 4.78 is 27.0. The molecule has 0 saturated carbocycles. The second-order valence-electron chi connectivity index (χ2n) is 5.62. The molecule has 0 amide bonds. The lowest BCUT2D eigenvalue weighted by Gasteiger charge is -2.11. The number of carboxylic acid groups (broad SMARTS) is 1. The summed E-state index contributed by atoms with van der Waals surface area (Å²) in [6, 6.07) is 13.9. The van der Waals surface area contributed by atoms with Crippen molar-refractivity contribution in [2.45, 2.75) is 12.8 Å². The van der Waals surface area contributed by atoms with Crippen LogP contribution in [0.3, 0.4) is 0 Å². The smallest absolute Gasteiger partial charge is 0.335 e. The molecule has 3 rings (SSSR count). The van der Waals surface area contributed by atoms with E-state index in [4.69, 9.17) is 5.11 Å². The van der Waals surface area contributed by atoms with E-state index in [0.717, 1.165) is 6.92 Å². The van der Waals surface area contributed by atoms with Crippen LogP contribution in [0.4, 0.5) is 8.78 Å². The number of hydrogen-bond donors (Lipinski definition) is 1. The molecule has 3 aromatic rings. The number of aromatic carboxylic acids is 1. The summed E-state index contributed by atoms with van der Waals surface area (Å²) in [7, 11) is 0. The summed E-state index contributed by atoms with van der Waals surface area (Å²) >= 11 is 0. The first-order chi connectivity index (χ1) is 11.8. The Kier molecular flexibility index (Phi) is 4.27. The van der Waals surface area contributed by atoms with Crippen molar-refractivity contribution in [2.75, 3.05) is 0 Å². The molecular formula is C19H14F2N2O2. The van der Waals surface area contributed by atoms with Gasteiger partial charge in [0.05, 0.1) is 11.3 Å². The van der Waals surface area contributed by atoms with Gasteiger partial charge in [0.2, 0.25) is 0 Å². The molecule has 6 heteroatoms. The molecule has 0 unspecified atom stereocenters. The van der Waals surface area contributed by atoms with E-state index in [9.17, 15) is 13.6 Å². The van der Waals surface area contributed by atoms with Crippen LogP contribution in [-0.4, -0.2) is 21.0 Å². The molecule has 1 aromatic heterocycles. The topological polar surface area (TPSA) is 63.1 Å². The summed E-state index contributed by atoms with van der Waals surface area (Å²) in [5.74, 6) is -3.63. The lowest BCUT2D eigenvalue weighted by Crippen LogP contribution is -2.06. The Balaban J connectivity index is 1.98. The molecule has 0 aliphatic carbocycles. The van der Waals surface area contributed by atoms with Crippen molar-refractivity contribution in [3.8, 4) is 22.6 Å². The Morgan fingerprint density at radius 2 is 1.76 bits per heavy atom. The van der Waals surface area contributed by atoms with Gasteiger partial charge in [-0.2, -0.15) is 0 Å². The minimum absolute atomic E-state index is 0.107. The van der Waals surface area contributed by atoms with E-state index in [2.05, 4.69) is 9.97 Å². The Bertz CT molecular complexity index is 919. The van der Waals surface area contributed by atoms with Crippen molar-refractivity contribution in [1.82, 2.24) is 9.97 Å². The summed E-state index contributed by atoms with van der Waals surface area (Å²) in [5.41, 5.74) is 1.85. The number of aromatic nitrogens is 2. The Hall–Kier alpha value is -3.15. The van der Waals surface area contributed by atoms with Crippen LogP contribution in [0, 0.1) is 0 Å². The van der Waals surface area contributed by atoms with Crippen molar-refractivity contribution in [2.24, 2.45) is 0 Å². The first-order valence-corrected chi connectivity index (χ1v) is 7.50. The van der Waals surface area contributed by atoms with Gasteiger partial charge in [-0.15, -0.1) is 0 Å². The van der Waals surface area contributed by atoms with Gasteiger partial charge >= 0.3 is 5.97 Å². The van der Waals surface area contributed by atoms with Crippen molar-refractivity contribution in [3.05, 3.63) is 71.9 Å². The molecule has 0 saturated heterocycles. The standard InChI is InChI=1S/C19H14F2N2O2/c1-19(20,21)15-4-2-3-14(11-15)17-22-10-9-16(23-17)12-5-7-13(8-6-12)18(24)25/h2-11H,1H3,(H,24,25). The molecular weight excluding hydrogens is 326 g/mol. The quantitative estimate of drug-likeness (QED) is 0.753. The number of hydrogen-bond acceptors (Lipinski definition) is 3. The van der Waals surface area contributed by atoms with Crippen LogP contribution in [0.2, 0.25) is 0 Å². The zero-order chi connectivity index (χ0) is 18.0. The minimum atomic E-state index is -2.94. The van der Waals surface area contributed by atoms with E-state index < -0.39 is 11.9 Å². The largest absolute Gasteiger partial charge is 0.478 e. The Labute approximate surface area is 142 Å². The van der Waals surface area contributed by atoms with Crippen LogP contribution >= 0.6 is 0 Å². The second-order valence-corrected chi connectivity index (χ2v) is 5.62. The van der Waals surface area contributed by atoms with Gasteiger partial charge < -0.3 is 5.11 Å². The van der Waals surface area contributed by atoms with Gasteiger partial charge in [0.25, 0.3) is 5.92 Å². The third-order valence-corrected chi connectivity index (χ3v) is 3.71. The fourth-order valence-electron chi connectivity index (χ4n) is 2.37. The zero-order valence-corrected chi connectivity index (χ0v) is 13.3. The molecule has 0 aliphatic rings.